The topological polar surface area (TPSA) is 121 Å². The van der Waals surface area contributed by atoms with E-state index in [1.54, 1.807) is 31.2 Å². The van der Waals surface area contributed by atoms with E-state index in [1.807, 2.05) is 12.1 Å². The number of benzene rings is 2. The molecule has 130 valence electrons. The maximum absolute atomic E-state index is 11.0. The molecule has 0 amide bonds. The molecule has 0 atom stereocenters. The van der Waals surface area contributed by atoms with Crippen LogP contribution in [0.1, 0.15) is 18.1 Å². The van der Waals surface area contributed by atoms with Gasteiger partial charge in [0.1, 0.15) is 5.95 Å². The van der Waals surface area contributed by atoms with E-state index in [0.29, 0.717) is 17.0 Å². The minimum absolute atomic E-state index is 0.0241. The van der Waals surface area contributed by atoms with E-state index in [-0.39, 0.29) is 5.69 Å². The Bertz CT molecular complexity index is 975. The van der Waals surface area contributed by atoms with E-state index in [0.717, 1.165) is 5.56 Å². The van der Waals surface area contributed by atoms with Crippen molar-refractivity contribution >= 4 is 17.6 Å². The highest BCUT2D eigenvalue weighted by atomic mass is 16.6. The lowest BCUT2D eigenvalue weighted by Crippen LogP contribution is -2.31. The summed E-state index contributed by atoms with van der Waals surface area (Å²) in [6, 6.07) is 13.2. The zero-order valence-electron chi connectivity index (χ0n) is 13.6. The molecule has 26 heavy (non-hydrogen) atoms. The van der Waals surface area contributed by atoms with Crippen LogP contribution < -0.4 is 9.79 Å². The summed E-state index contributed by atoms with van der Waals surface area (Å²) in [4.78, 5) is 10.2. The molecule has 0 unspecified atom stereocenters. The first-order valence-corrected chi connectivity index (χ1v) is 7.51. The molecule has 2 aromatic carbocycles. The van der Waals surface area contributed by atoms with Crippen LogP contribution in [0.25, 0.3) is 5.69 Å². The molecule has 0 fully saturated rings. The van der Waals surface area contributed by atoms with E-state index in [4.69, 9.17) is 0 Å². The molecule has 9 nitrogen and oxygen atoms in total. The van der Waals surface area contributed by atoms with Crippen LogP contribution in [0.3, 0.4) is 0 Å². The number of hydrogen-bond donors (Lipinski definition) is 0. The lowest BCUT2D eigenvalue weighted by Gasteiger charge is -1.98. The van der Waals surface area contributed by atoms with Crippen LogP contribution in [0.15, 0.2) is 69.5 Å². The fourth-order valence-electron chi connectivity index (χ4n) is 2.13. The third kappa shape index (κ3) is 3.96. The van der Waals surface area contributed by atoms with Gasteiger partial charge in [-0.05, 0) is 47.0 Å². The fraction of sp³-hybridized carbons (Fsp3) is 0.0588. The van der Waals surface area contributed by atoms with Crippen LogP contribution in [0.4, 0.5) is 5.69 Å². The lowest BCUT2D eigenvalue weighted by molar-refractivity contribution is -0.670. The van der Waals surface area contributed by atoms with Gasteiger partial charge in [0.2, 0.25) is 11.9 Å². The summed E-state index contributed by atoms with van der Waals surface area (Å²) in [5.74, 6) is -0.521. The molecule has 0 saturated heterocycles. The normalized spacial score (nSPS) is 11.8. The van der Waals surface area contributed by atoms with E-state index >= 15 is 0 Å². The van der Waals surface area contributed by atoms with Gasteiger partial charge in [-0.2, -0.15) is 10.2 Å². The Balaban J connectivity index is 1.70. The molecule has 1 heterocycles. The van der Waals surface area contributed by atoms with Crippen molar-refractivity contribution in [2.75, 3.05) is 0 Å². The molecular formula is C17H13N5O4. The van der Waals surface area contributed by atoms with Crippen molar-refractivity contribution in [1.82, 2.24) is 5.27 Å². The van der Waals surface area contributed by atoms with Crippen LogP contribution in [0, 0.1) is 10.1 Å². The molecular weight excluding hydrogens is 338 g/mol. The second-order valence-corrected chi connectivity index (χ2v) is 5.29. The molecule has 0 aliphatic heterocycles. The van der Waals surface area contributed by atoms with Gasteiger partial charge < -0.3 is 9.63 Å². The van der Waals surface area contributed by atoms with Crippen molar-refractivity contribution in [3.63, 3.8) is 0 Å². The molecule has 3 rings (SSSR count). The summed E-state index contributed by atoms with van der Waals surface area (Å²) in [5, 5.41) is 33.3. The van der Waals surface area contributed by atoms with Gasteiger partial charge in [-0.25, -0.2) is 0 Å². The second-order valence-electron chi connectivity index (χ2n) is 5.29. The second kappa shape index (κ2) is 7.34. The number of nitro benzene ring substituents is 1. The van der Waals surface area contributed by atoms with Gasteiger partial charge in [-0.1, -0.05) is 0 Å². The van der Waals surface area contributed by atoms with E-state index in [2.05, 4.69) is 20.0 Å². The van der Waals surface area contributed by atoms with Crippen LogP contribution in [0.5, 0.6) is 5.95 Å². The van der Waals surface area contributed by atoms with E-state index in [1.165, 1.54) is 29.2 Å². The third-order valence-electron chi connectivity index (χ3n) is 3.51. The molecule has 0 aliphatic rings. The number of aromatic nitrogens is 2. The summed E-state index contributed by atoms with van der Waals surface area (Å²) in [6.07, 6.45) is 2.76. The maximum atomic E-state index is 11.0. The summed E-state index contributed by atoms with van der Waals surface area (Å²) in [7, 11) is 0. The van der Waals surface area contributed by atoms with Gasteiger partial charge >= 0.3 is 0 Å². The third-order valence-corrected chi connectivity index (χ3v) is 3.51. The average molecular weight is 351 g/mol. The van der Waals surface area contributed by atoms with Crippen molar-refractivity contribution in [1.29, 1.82) is 0 Å². The van der Waals surface area contributed by atoms with Gasteiger partial charge in [0, 0.05) is 24.3 Å². The SMILES string of the molecule is C/C(=N\N=C\c1ccc([N+](=O)[O-])cc1)c1ccc(-[n+]2cc([O-])on2)cc1. The first kappa shape index (κ1) is 17.0. The largest absolute Gasteiger partial charge is 0.539 e. The number of non-ortho nitro benzene ring substituents is 1. The van der Waals surface area contributed by atoms with Gasteiger partial charge in [-0.15, -0.1) is 0 Å². The molecule has 0 spiro atoms. The zero-order valence-corrected chi connectivity index (χ0v) is 13.6. The summed E-state index contributed by atoms with van der Waals surface area (Å²) in [5.41, 5.74) is 2.95. The minimum Gasteiger partial charge on any atom is -0.539 e. The molecule has 0 N–H and O–H groups in total. The molecule has 9 heteroatoms. The van der Waals surface area contributed by atoms with Crippen molar-refractivity contribution in [3.8, 4) is 11.6 Å². The van der Waals surface area contributed by atoms with E-state index < -0.39 is 10.9 Å². The lowest BCUT2D eigenvalue weighted by atomic mass is 10.1. The van der Waals surface area contributed by atoms with Crippen LogP contribution in [0.2, 0.25) is 0 Å². The zero-order chi connectivity index (χ0) is 18.5. The van der Waals surface area contributed by atoms with Crippen LogP contribution in [-0.4, -0.2) is 22.1 Å². The number of nitrogens with zero attached hydrogens (tertiary/aromatic N) is 5. The molecule has 1 aromatic heterocycles. The highest BCUT2D eigenvalue weighted by molar-refractivity contribution is 5.99. The van der Waals surface area contributed by atoms with Crippen molar-refractivity contribution in [3.05, 3.63) is 76.0 Å². The molecule has 3 aromatic rings. The van der Waals surface area contributed by atoms with Crippen molar-refractivity contribution in [2.45, 2.75) is 6.92 Å². The first-order chi connectivity index (χ1) is 12.5. The standard InChI is InChI=1S/C17H13N5O4/c1-12(19-18-10-13-2-6-16(7-3-13)22(24)25)14-4-8-15(9-5-14)21-11-17(23)26-20-21/h2-11H,1H3/b18-10+,19-12+. The summed E-state index contributed by atoms with van der Waals surface area (Å²) in [6.45, 7) is 1.81. The van der Waals surface area contributed by atoms with Gasteiger partial charge in [0.25, 0.3) is 5.69 Å². The van der Waals surface area contributed by atoms with Gasteiger partial charge in [0.15, 0.2) is 0 Å². The Morgan fingerprint density at radius 2 is 1.88 bits per heavy atom. The van der Waals surface area contributed by atoms with Gasteiger partial charge in [-0.3, -0.25) is 10.1 Å². The van der Waals surface area contributed by atoms with Crippen molar-refractivity contribution < 1.29 is 19.2 Å². The number of rotatable bonds is 5. The Morgan fingerprint density at radius 3 is 2.46 bits per heavy atom. The van der Waals surface area contributed by atoms with E-state index in [9.17, 15) is 15.2 Å². The summed E-state index contributed by atoms with van der Waals surface area (Å²) >= 11 is 0. The predicted octanol–water partition coefficient (Wildman–Crippen LogP) is 1.78. The number of nitro groups is 1. The minimum atomic E-state index is -0.521. The summed E-state index contributed by atoms with van der Waals surface area (Å²) < 4.78 is 5.83. The molecule has 0 aliphatic carbocycles. The Morgan fingerprint density at radius 1 is 1.19 bits per heavy atom. The average Bonchev–Trinajstić information content (AvgIpc) is 3.08. The quantitative estimate of drug-likeness (QED) is 0.300. The van der Waals surface area contributed by atoms with Gasteiger partial charge in [0.05, 0.1) is 22.1 Å². The highest BCUT2D eigenvalue weighted by Crippen LogP contribution is 2.11. The smallest absolute Gasteiger partial charge is 0.269 e. The molecule has 0 bridgehead atoms. The molecule has 0 saturated carbocycles. The fourth-order valence-corrected chi connectivity index (χ4v) is 2.13. The Hall–Kier alpha value is -3.88. The Kier molecular flexibility index (Phi) is 4.79. The Labute approximate surface area is 147 Å². The van der Waals surface area contributed by atoms with Crippen LogP contribution >= 0.6 is 0 Å². The van der Waals surface area contributed by atoms with Crippen molar-refractivity contribution in [2.24, 2.45) is 10.2 Å². The first-order valence-electron chi connectivity index (χ1n) is 7.51. The highest BCUT2D eigenvalue weighted by Gasteiger charge is 2.09. The van der Waals surface area contributed by atoms with Crippen LogP contribution in [-0.2, 0) is 0 Å². The molecule has 0 radical (unpaired) electrons. The predicted molar refractivity (Wildman–Crippen MR) is 90.4 cm³/mol. The number of hydrogen-bond acceptors (Lipinski definition) is 7. The maximum Gasteiger partial charge on any atom is 0.269 e. The monoisotopic (exact) mass is 351 g/mol.